The lowest BCUT2D eigenvalue weighted by atomic mass is 9.96. The summed E-state index contributed by atoms with van der Waals surface area (Å²) in [6.45, 7) is 3.73. The van der Waals surface area contributed by atoms with Crippen molar-refractivity contribution in [2.75, 3.05) is 19.7 Å². The molecule has 1 aliphatic heterocycles. The Balaban J connectivity index is 1.51. The fraction of sp³-hybridized carbons (Fsp3) is 0.450. The van der Waals surface area contributed by atoms with Crippen molar-refractivity contribution in [1.82, 2.24) is 9.88 Å². The van der Waals surface area contributed by atoms with Crippen LogP contribution in [-0.2, 0) is 16.0 Å². The van der Waals surface area contributed by atoms with Crippen molar-refractivity contribution >= 4 is 11.8 Å². The molecule has 0 unspecified atom stereocenters. The summed E-state index contributed by atoms with van der Waals surface area (Å²) in [6, 6.07) is 7.62. The number of likely N-dealkylation sites (tertiary alicyclic amines) is 1. The summed E-state index contributed by atoms with van der Waals surface area (Å²) in [6.07, 6.45) is 3.74. The number of nitrogens with two attached hydrogens (primary N) is 1. The fourth-order valence-electron chi connectivity index (χ4n) is 3.23. The third-order valence-corrected chi connectivity index (χ3v) is 4.81. The zero-order valence-electron chi connectivity index (χ0n) is 15.5. The van der Waals surface area contributed by atoms with Gasteiger partial charge in [-0.05, 0) is 44.0 Å². The Morgan fingerprint density at radius 1 is 1.26 bits per heavy atom. The first kappa shape index (κ1) is 18.9. The van der Waals surface area contributed by atoms with Crippen LogP contribution in [0, 0.1) is 5.92 Å². The molecular formula is C20H25N3O4. The highest BCUT2D eigenvalue weighted by Gasteiger charge is 2.25. The number of aryl methyl sites for hydroxylation is 1. The normalized spacial score (nSPS) is 14.9. The topological polar surface area (TPSA) is 98.7 Å². The van der Waals surface area contributed by atoms with E-state index in [0.29, 0.717) is 57.0 Å². The van der Waals surface area contributed by atoms with Crippen LogP contribution in [0.5, 0.6) is 5.75 Å². The molecule has 1 saturated heterocycles. The van der Waals surface area contributed by atoms with E-state index < -0.39 is 0 Å². The van der Waals surface area contributed by atoms with Gasteiger partial charge in [-0.1, -0.05) is 0 Å². The lowest BCUT2D eigenvalue weighted by Crippen LogP contribution is -2.41. The van der Waals surface area contributed by atoms with Crippen LogP contribution >= 0.6 is 0 Å². The molecule has 144 valence electrons. The summed E-state index contributed by atoms with van der Waals surface area (Å²) < 4.78 is 11.2. The molecule has 0 bridgehead atoms. The molecule has 2 amide bonds. The van der Waals surface area contributed by atoms with Gasteiger partial charge in [-0.15, -0.1) is 0 Å². The predicted octanol–water partition coefficient (Wildman–Crippen LogP) is 2.40. The average molecular weight is 371 g/mol. The maximum atomic E-state index is 12.4. The Labute approximate surface area is 158 Å². The molecule has 0 radical (unpaired) electrons. The van der Waals surface area contributed by atoms with E-state index in [9.17, 15) is 9.59 Å². The van der Waals surface area contributed by atoms with Gasteiger partial charge >= 0.3 is 0 Å². The van der Waals surface area contributed by atoms with Gasteiger partial charge in [0.15, 0.2) is 11.7 Å². The number of oxazole rings is 1. The predicted molar refractivity (Wildman–Crippen MR) is 99.9 cm³/mol. The van der Waals surface area contributed by atoms with E-state index >= 15 is 0 Å². The number of rotatable bonds is 7. The summed E-state index contributed by atoms with van der Waals surface area (Å²) in [5.74, 6) is 1.69. The van der Waals surface area contributed by atoms with Crippen molar-refractivity contribution in [1.29, 1.82) is 0 Å². The van der Waals surface area contributed by atoms with E-state index in [2.05, 4.69) is 4.98 Å². The molecule has 0 aliphatic carbocycles. The number of hydrogen-bond acceptors (Lipinski definition) is 5. The van der Waals surface area contributed by atoms with Gasteiger partial charge in [-0.25, -0.2) is 4.98 Å². The van der Waals surface area contributed by atoms with Crippen molar-refractivity contribution in [3.8, 4) is 17.1 Å². The molecule has 1 fully saturated rings. The summed E-state index contributed by atoms with van der Waals surface area (Å²) >= 11 is 0. The quantitative estimate of drug-likeness (QED) is 0.806. The molecule has 2 N–H and O–H groups in total. The monoisotopic (exact) mass is 371 g/mol. The number of primary amides is 1. The largest absolute Gasteiger partial charge is 0.494 e. The highest BCUT2D eigenvalue weighted by atomic mass is 16.5. The van der Waals surface area contributed by atoms with Gasteiger partial charge in [-0.3, -0.25) is 9.59 Å². The first-order valence-electron chi connectivity index (χ1n) is 9.32. The second kappa shape index (κ2) is 8.70. The minimum absolute atomic E-state index is 0.0544. The molecule has 0 spiro atoms. The number of aromatic nitrogens is 1. The number of ether oxygens (including phenoxy) is 1. The maximum absolute atomic E-state index is 12.4. The van der Waals surface area contributed by atoms with E-state index in [0.717, 1.165) is 11.3 Å². The Morgan fingerprint density at radius 2 is 1.96 bits per heavy atom. The van der Waals surface area contributed by atoms with E-state index in [1.807, 2.05) is 31.2 Å². The molecule has 2 aromatic rings. The lowest BCUT2D eigenvalue weighted by Gasteiger charge is -2.30. The number of amides is 2. The van der Waals surface area contributed by atoms with Crippen molar-refractivity contribution in [2.45, 2.75) is 32.6 Å². The Morgan fingerprint density at radius 3 is 2.59 bits per heavy atom. The van der Waals surface area contributed by atoms with E-state index in [4.69, 9.17) is 14.9 Å². The maximum Gasteiger partial charge on any atom is 0.223 e. The van der Waals surface area contributed by atoms with Gasteiger partial charge in [-0.2, -0.15) is 0 Å². The minimum Gasteiger partial charge on any atom is -0.494 e. The van der Waals surface area contributed by atoms with Crippen LogP contribution in [0.1, 0.15) is 32.1 Å². The minimum atomic E-state index is -0.274. The molecule has 7 nitrogen and oxygen atoms in total. The number of nitrogens with zero attached hydrogens (tertiary/aromatic N) is 2. The fourth-order valence-corrected chi connectivity index (χ4v) is 3.23. The zero-order valence-corrected chi connectivity index (χ0v) is 15.5. The lowest BCUT2D eigenvalue weighted by molar-refractivity contribution is -0.134. The standard InChI is InChI=1S/C20H25N3O4/c1-2-26-16-5-3-14(4-6-16)17-13-22-18(27-17)7-8-19(24)23-11-9-15(10-12-23)20(21)25/h3-6,13,15H,2,7-12H2,1H3,(H2,21,25). The molecule has 27 heavy (non-hydrogen) atoms. The van der Waals surface area contributed by atoms with Gasteiger partial charge in [0.05, 0.1) is 12.8 Å². The van der Waals surface area contributed by atoms with Crippen molar-refractivity contribution in [2.24, 2.45) is 11.7 Å². The van der Waals surface area contributed by atoms with Gasteiger partial charge < -0.3 is 19.8 Å². The van der Waals surface area contributed by atoms with Crippen LogP contribution in [0.25, 0.3) is 11.3 Å². The number of piperidine rings is 1. The molecule has 3 rings (SSSR count). The smallest absolute Gasteiger partial charge is 0.223 e. The number of benzene rings is 1. The molecule has 7 heteroatoms. The highest BCUT2D eigenvalue weighted by Crippen LogP contribution is 2.24. The van der Waals surface area contributed by atoms with Crippen LogP contribution < -0.4 is 10.5 Å². The summed E-state index contributed by atoms with van der Waals surface area (Å²) in [4.78, 5) is 29.6. The van der Waals surface area contributed by atoms with Gasteiger partial charge in [0, 0.05) is 37.4 Å². The average Bonchev–Trinajstić information content (AvgIpc) is 3.16. The third kappa shape index (κ3) is 4.87. The van der Waals surface area contributed by atoms with Crippen LogP contribution in [0.3, 0.4) is 0 Å². The van der Waals surface area contributed by atoms with Crippen molar-refractivity contribution in [3.05, 3.63) is 36.4 Å². The molecule has 1 aliphatic rings. The number of hydrogen-bond donors (Lipinski definition) is 1. The van der Waals surface area contributed by atoms with Crippen molar-refractivity contribution < 1.29 is 18.7 Å². The van der Waals surface area contributed by atoms with Crippen LogP contribution in [0.15, 0.2) is 34.9 Å². The SMILES string of the molecule is CCOc1ccc(-c2cnc(CCC(=O)N3CCC(C(N)=O)CC3)o2)cc1. The second-order valence-electron chi connectivity index (χ2n) is 6.63. The molecule has 0 saturated carbocycles. The van der Waals surface area contributed by atoms with Gasteiger partial charge in [0.1, 0.15) is 5.75 Å². The molecule has 0 atom stereocenters. The molecule has 2 heterocycles. The van der Waals surface area contributed by atoms with Crippen molar-refractivity contribution in [3.63, 3.8) is 0 Å². The first-order chi connectivity index (χ1) is 13.1. The van der Waals surface area contributed by atoms with E-state index in [-0.39, 0.29) is 17.7 Å². The number of carbonyl (C=O) groups is 2. The van der Waals surface area contributed by atoms with Gasteiger partial charge in [0.25, 0.3) is 0 Å². The summed E-state index contributed by atoms with van der Waals surface area (Å²) in [7, 11) is 0. The zero-order chi connectivity index (χ0) is 19.2. The Kier molecular flexibility index (Phi) is 6.11. The van der Waals surface area contributed by atoms with Crippen LogP contribution in [0.4, 0.5) is 0 Å². The van der Waals surface area contributed by atoms with Crippen LogP contribution in [-0.4, -0.2) is 41.4 Å². The Bertz CT molecular complexity index is 777. The first-order valence-corrected chi connectivity index (χ1v) is 9.32. The molecule has 1 aromatic heterocycles. The van der Waals surface area contributed by atoms with E-state index in [1.54, 1.807) is 11.1 Å². The van der Waals surface area contributed by atoms with Crippen LogP contribution in [0.2, 0.25) is 0 Å². The Hall–Kier alpha value is -2.83. The third-order valence-electron chi connectivity index (χ3n) is 4.81. The van der Waals surface area contributed by atoms with Gasteiger partial charge in [0.2, 0.25) is 11.8 Å². The molecule has 1 aromatic carbocycles. The second-order valence-corrected chi connectivity index (χ2v) is 6.63. The summed E-state index contributed by atoms with van der Waals surface area (Å²) in [5, 5.41) is 0. The summed E-state index contributed by atoms with van der Waals surface area (Å²) in [5.41, 5.74) is 6.24. The highest BCUT2D eigenvalue weighted by molar-refractivity contribution is 5.79. The van der Waals surface area contributed by atoms with E-state index in [1.165, 1.54) is 0 Å². The number of carbonyl (C=O) groups excluding carboxylic acids is 2. The molecular weight excluding hydrogens is 346 g/mol.